The molecule has 114 valence electrons. The summed E-state index contributed by atoms with van der Waals surface area (Å²) in [5.74, 6) is -0.402. The lowest BCUT2D eigenvalue weighted by atomic mass is 10.0. The van der Waals surface area contributed by atoms with Crippen LogP contribution in [0.25, 0.3) is 0 Å². The van der Waals surface area contributed by atoms with Gasteiger partial charge >= 0.3 is 0 Å². The summed E-state index contributed by atoms with van der Waals surface area (Å²) < 4.78 is 15.2. The van der Waals surface area contributed by atoms with Gasteiger partial charge in [-0.3, -0.25) is 4.68 Å². The Morgan fingerprint density at radius 2 is 2.00 bits per heavy atom. The second-order valence-corrected chi connectivity index (χ2v) is 5.25. The van der Waals surface area contributed by atoms with E-state index in [0.29, 0.717) is 23.7 Å². The SMILES string of the molecule is CCC(CC)n1ccc(CC(O)c2cc(F)ccc2N)n1. The maximum Gasteiger partial charge on any atom is 0.123 e. The minimum Gasteiger partial charge on any atom is -0.398 e. The van der Waals surface area contributed by atoms with Crippen molar-refractivity contribution in [2.24, 2.45) is 0 Å². The number of hydrogen-bond acceptors (Lipinski definition) is 3. The molecule has 1 heterocycles. The zero-order chi connectivity index (χ0) is 15.4. The van der Waals surface area contributed by atoms with Crippen molar-refractivity contribution in [3.63, 3.8) is 0 Å². The maximum absolute atomic E-state index is 13.3. The van der Waals surface area contributed by atoms with Crippen LogP contribution in [0.1, 0.15) is 50.1 Å². The average molecular weight is 291 g/mol. The zero-order valence-corrected chi connectivity index (χ0v) is 12.5. The van der Waals surface area contributed by atoms with E-state index in [2.05, 4.69) is 18.9 Å². The first-order valence-electron chi connectivity index (χ1n) is 7.32. The van der Waals surface area contributed by atoms with Gasteiger partial charge in [-0.1, -0.05) is 13.8 Å². The van der Waals surface area contributed by atoms with Gasteiger partial charge in [-0.2, -0.15) is 5.10 Å². The van der Waals surface area contributed by atoms with Crippen molar-refractivity contribution in [2.45, 2.75) is 45.3 Å². The van der Waals surface area contributed by atoms with Crippen molar-refractivity contribution in [1.29, 1.82) is 0 Å². The highest BCUT2D eigenvalue weighted by molar-refractivity contribution is 5.48. The first-order valence-corrected chi connectivity index (χ1v) is 7.32. The quantitative estimate of drug-likeness (QED) is 0.803. The van der Waals surface area contributed by atoms with Crippen molar-refractivity contribution in [2.75, 3.05) is 5.73 Å². The summed E-state index contributed by atoms with van der Waals surface area (Å²) in [6, 6.07) is 6.29. The molecular weight excluding hydrogens is 269 g/mol. The molecule has 0 aliphatic heterocycles. The molecule has 3 N–H and O–H groups in total. The summed E-state index contributed by atoms with van der Waals surface area (Å²) in [5.41, 5.74) is 7.37. The molecule has 0 aliphatic rings. The monoisotopic (exact) mass is 291 g/mol. The maximum atomic E-state index is 13.3. The van der Waals surface area contributed by atoms with Crippen molar-refractivity contribution < 1.29 is 9.50 Å². The number of halogens is 1. The largest absolute Gasteiger partial charge is 0.398 e. The third kappa shape index (κ3) is 3.61. The van der Waals surface area contributed by atoms with Crippen LogP contribution in [0, 0.1) is 5.82 Å². The molecule has 0 amide bonds. The van der Waals surface area contributed by atoms with Gasteiger partial charge in [-0.15, -0.1) is 0 Å². The lowest BCUT2D eigenvalue weighted by Gasteiger charge is -2.14. The second kappa shape index (κ2) is 6.72. The van der Waals surface area contributed by atoms with E-state index in [4.69, 9.17) is 5.73 Å². The Labute approximate surface area is 124 Å². The number of nitrogens with zero attached hydrogens (tertiary/aromatic N) is 2. The number of hydrogen-bond donors (Lipinski definition) is 2. The van der Waals surface area contributed by atoms with Gasteiger partial charge < -0.3 is 10.8 Å². The summed E-state index contributed by atoms with van der Waals surface area (Å²) in [6.45, 7) is 4.25. The molecule has 1 aromatic carbocycles. The minimum absolute atomic E-state index is 0.320. The van der Waals surface area contributed by atoms with E-state index in [1.54, 1.807) is 0 Å². The van der Waals surface area contributed by atoms with Crippen LogP contribution < -0.4 is 5.73 Å². The molecule has 0 bridgehead atoms. The third-order valence-electron chi connectivity index (χ3n) is 3.79. The number of nitrogen functional groups attached to an aromatic ring is 1. The van der Waals surface area contributed by atoms with Crippen LogP contribution in [0.4, 0.5) is 10.1 Å². The molecule has 5 heteroatoms. The molecule has 0 spiro atoms. The van der Waals surface area contributed by atoms with E-state index >= 15 is 0 Å². The Bertz CT molecular complexity index is 593. The highest BCUT2D eigenvalue weighted by Crippen LogP contribution is 2.24. The topological polar surface area (TPSA) is 64.1 Å². The minimum atomic E-state index is -0.856. The van der Waals surface area contributed by atoms with Crippen molar-refractivity contribution in [3.05, 3.63) is 47.5 Å². The van der Waals surface area contributed by atoms with Gasteiger partial charge in [0.1, 0.15) is 5.82 Å². The highest BCUT2D eigenvalue weighted by atomic mass is 19.1. The Balaban J connectivity index is 2.12. The van der Waals surface area contributed by atoms with Gasteiger partial charge in [-0.05, 0) is 37.1 Å². The predicted molar refractivity (Wildman–Crippen MR) is 81.3 cm³/mol. The van der Waals surface area contributed by atoms with Gasteiger partial charge in [0.2, 0.25) is 0 Å². The van der Waals surface area contributed by atoms with Gasteiger partial charge in [-0.25, -0.2) is 4.39 Å². The first kappa shape index (κ1) is 15.5. The number of aromatic nitrogens is 2. The Morgan fingerprint density at radius 1 is 1.29 bits per heavy atom. The molecule has 1 aromatic heterocycles. The standard InChI is InChI=1S/C16H22FN3O/c1-3-13(4-2)20-8-7-12(19-20)10-16(21)14-9-11(17)5-6-15(14)18/h5-9,13,16,21H,3-4,10,18H2,1-2H3. The highest BCUT2D eigenvalue weighted by Gasteiger charge is 2.15. The Kier molecular flexibility index (Phi) is 4.96. The number of aliphatic hydroxyl groups excluding tert-OH is 1. The number of rotatable bonds is 6. The van der Waals surface area contributed by atoms with E-state index in [9.17, 15) is 9.50 Å². The van der Waals surface area contributed by atoms with Crippen LogP contribution >= 0.6 is 0 Å². The summed E-state index contributed by atoms with van der Waals surface area (Å²) in [6.07, 6.45) is 3.41. The van der Waals surface area contributed by atoms with E-state index in [1.165, 1.54) is 18.2 Å². The van der Waals surface area contributed by atoms with Crippen molar-refractivity contribution >= 4 is 5.69 Å². The molecule has 0 saturated carbocycles. The van der Waals surface area contributed by atoms with Gasteiger partial charge in [0, 0.05) is 23.9 Å². The number of anilines is 1. The van der Waals surface area contributed by atoms with Crippen LogP contribution in [0.5, 0.6) is 0 Å². The van der Waals surface area contributed by atoms with E-state index in [1.807, 2.05) is 16.9 Å². The van der Waals surface area contributed by atoms with Gasteiger partial charge in [0.15, 0.2) is 0 Å². The van der Waals surface area contributed by atoms with E-state index < -0.39 is 11.9 Å². The second-order valence-electron chi connectivity index (χ2n) is 5.25. The molecule has 21 heavy (non-hydrogen) atoms. The van der Waals surface area contributed by atoms with Gasteiger partial charge in [0.25, 0.3) is 0 Å². The third-order valence-corrected chi connectivity index (χ3v) is 3.79. The molecule has 0 saturated heterocycles. The number of nitrogens with two attached hydrogens (primary N) is 1. The summed E-state index contributed by atoms with van der Waals surface area (Å²) in [7, 11) is 0. The fourth-order valence-corrected chi connectivity index (χ4v) is 2.49. The van der Waals surface area contributed by atoms with Crippen LogP contribution in [0.2, 0.25) is 0 Å². The normalized spacial score (nSPS) is 12.8. The fraction of sp³-hybridized carbons (Fsp3) is 0.438. The molecule has 0 fully saturated rings. The van der Waals surface area contributed by atoms with Crippen LogP contribution in [0.3, 0.4) is 0 Å². The molecule has 2 aromatic rings. The molecule has 0 radical (unpaired) electrons. The lowest BCUT2D eigenvalue weighted by Crippen LogP contribution is -2.10. The lowest BCUT2D eigenvalue weighted by molar-refractivity contribution is 0.177. The van der Waals surface area contributed by atoms with Crippen LogP contribution in [0.15, 0.2) is 30.5 Å². The van der Waals surface area contributed by atoms with E-state index in [0.717, 1.165) is 18.5 Å². The van der Waals surface area contributed by atoms with E-state index in [-0.39, 0.29) is 0 Å². The zero-order valence-electron chi connectivity index (χ0n) is 12.5. The molecular formula is C16H22FN3O. The number of aliphatic hydroxyl groups is 1. The van der Waals surface area contributed by atoms with Crippen molar-refractivity contribution in [3.8, 4) is 0 Å². The molecule has 1 unspecified atom stereocenters. The fourth-order valence-electron chi connectivity index (χ4n) is 2.49. The number of benzene rings is 1. The van der Waals surface area contributed by atoms with Gasteiger partial charge in [0.05, 0.1) is 17.8 Å². The average Bonchev–Trinajstić information content (AvgIpc) is 2.91. The Morgan fingerprint density at radius 3 is 2.67 bits per heavy atom. The predicted octanol–water partition coefficient (Wildman–Crippen LogP) is 3.24. The summed E-state index contributed by atoms with van der Waals surface area (Å²) in [4.78, 5) is 0. The summed E-state index contributed by atoms with van der Waals surface area (Å²) in [5, 5.41) is 14.7. The molecule has 1 atom stereocenters. The molecule has 0 aliphatic carbocycles. The summed E-state index contributed by atoms with van der Waals surface area (Å²) >= 11 is 0. The van der Waals surface area contributed by atoms with Crippen LogP contribution in [-0.4, -0.2) is 14.9 Å². The smallest absolute Gasteiger partial charge is 0.123 e. The van der Waals surface area contributed by atoms with Crippen LogP contribution in [-0.2, 0) is 6.42 Å². The molecule has 2 rings (SSSR count). The first-order chi connectivity index (χ1) is 10.0. The Hall–Kier alpha value is -1.88. The molecule has 4 nitrogen and oxygen atoms in total. The van der Waals surface area contributed by atoms with Crippen molar-refractivity contribution in [1.82, 2.24) is 9.78 Å².